The molecule has 1 aliphatic rings. The van der Waals surface area contributed by atoms with Crippen molar-refractivity contribution in [2.75, 3.05) is 31.1 Å². The first kappa shape index (κ1) is 22.2. The van der Waals surface area contributed by atoms with Gasteiger partial charge in [0.15, 0.2) is 5.82 Å². The van der Waals surface area contributed by atoms with Crippen LogP contribution in [-0.2, 0) is 4.79 Å². The third-order valence-corrected chi connectivity index (χ3v) is 6.44. The topological polar surface area (TPSA) is 69.6 Å². The van der Waals surface area contributed by atoms with Crippen LogP contribution in [0.25, 0.3) is 22.3 Å². The zero-order valence-corrected chi connectivity index (χ0v) is 19.4. The lowest BCUT2D eigenvalue weighted by Gasteiger charge is -2.37. The second kappa shape index (κ2) is 8.87. The zero-order chi connectivity index (χ0) is 22.9. The van der Waals surface area contributed by atoms with Crippen LogP contribution in [0.15, 0.2) is 42.5 Å². The van der Waals surface area contributed by atoms with Crippen LogP contribution in [-0.4, -0.2) is 57.7 Å². The van der Waals surface area contributed by atoms with Crippen LogP contribution in [0.4, 0.5) is 5.82 Å². The van der Waals surface area contributed by atoms with Crippen LogP contribution in [0.1, 0.15) is 37.8 Å². The van der Waals surface area contributed by atoms with Gasteiger partial charge in [-0.25, -0.2) is 9.97 Å². The molecule has 1 N–H and O–H groups in total. The van der Waals surface area contributed by atoms with E-state index in [4.69, 9.17) is 9.97 Å². The Morgan fingerprint density at radius 1 is 1.06 bits per heavy atom. The molecule has 3 aromatic rings. The summed E-state index contributed by atoms with van der Waals surface area (Å²) >= 11 is 0. The highest BCUT2D eigenvalue weighted by atomic mass is 16.3. The molecule has 1 unspecified atom stereocenters. The molecule has 1 aliphatic heterocycles. The Labute approximate surface area is 189 Å². The number of benzene rings is 2. The number of aromatic nitrogens is 2. The molecule has 0 spiro atoms. The summed E-state index contributed by atoms with van der Waals surface area (Å²) in [4.78, 5) is 26.7. The largest absolute Gasteiger partial charge is 0.390 e. The normalized spacial score (nSPS) is 16.3. The molecule has 1 aromatic heterocycles. The molecular formula is C26H32N4O2. The molecule has 6 heteroatoms. The first-order valence-corrected chi connectivity index (χ1v) is 11.4. The van der Waals surface area contributed by atoms with E-state index in [-0.39, 0.29) is 12.3 Å². The van der Waals surface area contributed by atoms with Crippen molar-refractivity contribution in [1.82, 2.24) is 14.9 Å². The quantitative estimate of drug-likeness (QED) is 0.657. The predicted molar refractivity (Wildman–Crippen MR) is 129 cm³/mol. The van der Waals surface area contributed by atoms with E-state index < -0.39 is 5.60 Å². The van der Waals surface area contributed by atoms with Gasteiger partial charge in [0.25, 0.3) is 0 Å². The van der Waals surface area contributed by atoms with Gasteiger partial charge >= 0.3 is 0 Å². The third-order valence-electron chi connectivity index (χ3n) is 6.44. The van der Waals surface area contributed by atoms with Gasteiger partial charge in [-0.15, -0.1) is 0 Å². The maximum atomic E-state index is 12.7. The second-order valence-electron chi connectivity index (χ2n) is 9.10. The van der Waals surface area contributed by atoms with E-state index in [9.17, 15) is 9.90 Å². The first-order chi connectivity index (χ1) is 15.3. The Bertz CT molecular complexity index is 1130. The summed E-state index contributed by atoms with van der Waals surface area (Å²) in [6, 6.07) is 14.5. The maximum Gasteiger partial charge on any atom is 0.225 e. The van der Waals surface area contributed by atoms with Crippen molar-refractivity contribution < 1.29 is 9.90 Å². The minimum Gasteiger partial charge on any atom is -0.390 e. The van der Waals surface area contributed by atoms with Crippen LogP contribution in [0.2, 0.25) is 0 Å². The van der Waals surface area contributed by atoms with Crippen molar-refractivity contribution in [3.05, 3.63) is 53.6 Å². The van der Waals surface area contributed by atoms with Gasteiger partial charge in [-0.05, 0) is 50.5 Å². The van der Waals surface area contributed by atoms with Gasteiger partial charge < -0.3 is 14.9 Å². The highest BCUT2D eigenvalue weighted by Crippen LogP contribution is 2.30. The van der Waals surface area contributed by atoms with E-state index in [1.54, 1.807) is 6.92 Å². The van der Waals surface area contributed by atoms with Crippen molar-refractivity contribution in [3.8, 4) is 11.4 Å². The highest BCUT2D eigenvalue weighted by Gasteiger charge is 2.28. The Hall–Kier alpha value is -2.99. The molecule has 0 aliphatic carbocycles. The fourth-order valence-electron chi connectivity index (χ4n) is 4.14. The molecule has 1 amide bonds. The fraction of sp³-hybridized carbons (Fsp3) is 0.423. The van der Waals surface area contributed by atoms with Gasteiger partial charge in [0.2, 0.25) is 5.91 Å². The molecule has 1 fully saturated rings. The number of nitrogens with zero attached hydrogens (tertiary/aromatic N) is 4. The van der Waals surface area contributed by atoms with Crippen LogP contribution in [0.3, 0.4) is 0 Å². The fourth-order valence-corrected chi connectivity index (χ4v) is 4.14. The number of rotatable bonds is 5. The number of aliphatic hydroxyl groups is 1. The summed E-state index contributed by atoms with van der Waals surface area (Å²) in [5.41, 5.74) is 3.33. The minimum atomic E-state index is -0.947. The van der Waals surface area contributed by atoms with E-state index in [1.165, 1.54) is 0 Å². The average molecular weight is 433 g/mol. The number of anilines is 1. The van der Waals surface area contributed by atoms with Crippen molar-refractivity contribution in [3.63, 3.8) is 0 Å². The molecule has 0 bridgehead atoms. The molecule has 0 saturated carbocycles. The van der Waals surface area contributed by atoms with Gasteiger partial charge in [-0.2, -0.15) is 0 Å². The average Bonchev–Trinajstić information content (AvgIpc) is 2.78. The first-order valence-electron chi connectivity index (χ1n) is 11.4. The Morgan fingerprint density at radius 3 is 2.47 bits per heavy atom. The van der Waals surface area contributed by atoms with E-state index in [2.05, 4.69) is 49.1 Å². The SMILES string of the molecule is CCC(C)(O)CC(=O)N1CCN(c2nc(-c3ccccc3C)nc3cc(C)ccc23)CC1. The number of amides is 1. The molecule has 2 heterocycles. The van der Waals surface area contributed by atoms with E-state index in [0.29, 0.717) is 32.6 Å². The second-order valence-corrected chi connectivity index (χ2v) is 9.10. The third kappa shape index (κ3) is 4.60. The standard InChI is InChI=1S/C26H32N4O2/c1-5-26(4,32)17-23(31)29-12-14-30(15-13-29)25-21-11-10-18(2)16-22(21)27-24(28-25)20-9-7-6-8-19(20)3/h6-11,16,32H,5,12-15,17H2,1-4H3. The predicted octanol–water partition coefficient (Wildman–Crippen LogP) is 4.11. The summed E-state index contributed by atoms with van der Waals surface area (Å²) in [6.07, 6.45) is 0.726. The van der Waals surface area contributed by atoms with Crippen molar-refractivity contribution in [1.29, 1.82) is 0 Å². The Morgan fingerprint density at radius 2 is 1.78 bits per heavy atom. The number of fused-ring (bicyclic) bond motifs is 1. The molecule has 1 atom stereocenters. The summed E-state index contributed by atoms with van der Waals surface area (Å²) in [7, 11) is 0. The molecule has 1 saturated heterocycles. The summed E-state index contributed by atoms with van der Waals surface area (Å²) in [6.45, 7) is 10.4. The number of piperazine rings is 1. The maximum absolute atomic E-state index is 12.7. The van der Waals surface area contributed by atoms with E-state index in [0.717, 1.165) is 39.2 Å². The van der Waals surface area contributed by atoms with Gasteiger partial charge in [0, 0.05) is 37.1 Å². The molecule has 2 aromatic carbocycles. The Kier molecular flexibility index (Phi) is 6.15. The lowest BCUT2D eigenvalue weighted by atomic mass is 9.98. The van der Waals surface area contributed by atoms with Crippen LogP contribution in [0.5, 0.6) is 0 Å². The number of hydrogen-bond acceptors (Lipinski definition) is 5. The minimum absolute atomic E-state index is 0.0141. The number of carbonyl (C=O) groups is 1. The lowest BCUT2D eigenvalue weighted by molar-refractivity contribution is -0.136. The summed E-state index contributed by atoms with van der Waals surface area (Å²) in [5.74, 6) is 1.66. The van der Waals surface area contributed by atoms with Crippen LogP contribution < -0.4 is 4.90 Å². The molecule has 6 nitrogen and oxygen atoms in total. The van der Waals surface area contributed by atoms with Crippen molar-refractivity contribution in [2.45, 2.75) is 46.1 Å². The smallest absolute Gasteiger partial charge is 0.225 e. The van der Waals surface area contributed by atoms with E-state index in [1.807, 2.05) is 24.0 Å². The molecule has 168 valence electrons. The van der Waals surface area contributed by atoms with Crippen LogP contribution in [0, 0.1) is 13.8 Å². The van der Waals surface area contributed by atoms with Gasteiger partial charge in [-0.1, -0.05) is 37.3 Å². The number of hydrogen-bond donors (Lipinski definition) is 1. The molecular weight excluding hydrogens is 400 g/mol. The monoisotopic (exact) mass is 432 g/mol. The van der Waals surface area contributed by atoms with Crippen molar-refractivity contribution in [2.24, 2.45) is 0 Å². The summed E-state index contributed by atoms with van der Waals surface area (Å²) < 4.78 is 0. The zero-order valence-electron chi connectivity index (χ0n) is 19.4. The van der Waals surface area contributed by atoms with Crippen LogP contribution >= 0.6 is 0 Å². The van der Waals surface area contributed by atoms with E-state index >= 15 is 0 Å². The summed E-state index contributed by atoms with van der Waals surface area (Å²) in [5, 5.41) is 11.3. The van der Waals surface area contributed by atoms with Crippen molar-refractivity contribution >= 4 is 22.6 Å². The highest BCUT2D eigenvalue weighted by molar-refractivity contribution is 5.92. The lowest BCUT2D eigenvalue weighted by Crippen LogP contribution is -2.50. The van der Waals surface area contributed by atoms with Gasteiger partial charge in [0.05, 0.1) is 17.5 Å². The Balaban J connectivity index is 1.63. The molecule has 32 heavy (non-hydrogen) atoms. The van der Waals surface area contributed by atoms with Gasteiger partial charge in [0.1, 0.15) is 5.82 Å². The molecule has 0 radical (unpaired) electrons. The number of carbonyl (C=O) groups excluding carboxylic acids is 1. The number of aryl methyl sites for hydroxylation is 2. The molecule has 4 rings (SSSR count). The van der Waals surface area contributed by atoms with Gasteiger partial charge in [-0.3, -0.25) is 4.79 Å².